The van der Waals surface area contributed by atoms with Crippen molar-refractivity contribution in [3.05, 3.63) is 0 Å². The van der Waals surface area contributed by atoms with E-state index >= 15 is 0 Å². The number of nitrogens with one attached hydrogen (secondary N) is 4. The second-order valence-corrected chi connectivity index (χ2v) is 9.95. The first-order chi connectivity index (χ1) is 13.6. The third kappa shape index (κ3) is 3.83. The molecule has 4 N–H and O–H groups in total. The van der Waals surface area contributed by atoms with Gasteiger partial charge in [-0.05, 0) is 63.2 Å². The molecule has 0 aromatic rings. The van der Waals surface area contributed by atoms with Crippen molar-refractivity contribution in [2.24, 2.45) is 23.7 Å². The lowest BCUT2D eigenvalue weighted by Crippen LogP contribution is -2.50. The average Bonchev–Trinajstić information content (AvgIpc) is 3.24. The van der Waals surface area contributed by atoms with Crippen LogP contribution in [0.25, 0.3) is 0 Å². The number of amides is 1. The standard InChI is InChI=1S/C21H35FN4O2/c1-11-5-8-16(22)15-10-17(24-18(11)15)19(27)23-14-4-2-3-13(9-14)21-26-25-20(28-21)12-6-7-12/h11-18,20-21,24-26H,2-10H2,1H3,(H,23,27). The van der Waals surface area contributed by atoms with Gasteiger partial charge in [-0.15, -0.1) is 0 Å². The number of hydrogen-bond donors (Lipinski definition) is 4. The van der Waals surface area contributed by atoms with Crippen LogP contribution in [0.2, 0.25) is 0 Å². The van der Waals surface area contributed by atoms with Gasteiger partial charge in [0.2, 0.25) is 5.91 Å². The van der Waals surface area contributed by atoms with Crippen LogP contribution in [0.15, 0.2) is 0 Å². The number of hydrogen-bond acceptors (Lipinski definition) is 5. The molecule has 3 aliphatic carbocycles. The fourth-order valence-corrected chi connectivity index (χ4v) is 5.98. The van der Waals surface area contributed by atoms with E-state index < -0.39 is 6.17 Å². The lowest BCUT2D eigenvalue weighted by Gasteiger charge is -2.34. The van der Waals surface area contributed by atoms with Gasteiger partial charge < -0.3 is 15.4 Å². The first-order valence-corrected chi connectivity index (χ1v) is 11.5. The van der Waals surface area contributed by atoms with E-state index in [2.05, 4.69) is 28.4 Å². The Balaban J connectivity index is 1.13. The summed E-state index contributed by atoms with van der Waals surface area (Å²) in [7, 11) is 0. The van der Waals surface area contributed by atoms with Crippen molar-refractivity contribution in [2.75, 3.05) is 0 Å². The van der Waals surface area contributed by atoms with Gasteiger partial charge in [0.1, 0.15) is 18.6 Å². The highest BCUT2D eigenvalue weighted by Crippen LogP contribution is 2.39. The van der Waals surface area contributed by atoms with E-state index in [1.807, 2.05) is 0 Å². The molecule has 2 heterocycles. The normalized spacial score (nSPS) is 49.0. The number of alkyl halides is 1. The molecular weight excluding hydrogens is 359 g/mol. The summed E-state index contributed by atoms with van der Waals surface area (Å²) in [6.45, 7) is 2.18. The predicted molar refractivity (Wildman–Crippen MR) is 104 cm³/mol. The van der Waals surface area contributed by atoms with Crippen LogP contribution in [-0.2, 0) is 9.53 Å². The molecule has 5 rings (SSSR count). The Kier molecular flexibility index (Phi) is 5.37. The number of carbonyl (C=O) groups excluding carboxylic acids is 1. The van der Waals surface area contributed by atoms with Gasteiger partial charge >= 0.3 is 0 Å². The molecule has 9 unspecified atom stereocenters. The highest BCUT2D eigenvalue weighted by atomic mass is 19.1. The zero-order valence-corrected chi connectivity index (χ0v) is 16.8. The van der Waals surface area contributed by atoms with Gasteiger partial charge in [0.05, 0.1) is 6.04 Å². The number of ether oxygens (including phenoxy) is 1. The highest BCUT2D eigenvalue weighted by molar-refractivity contribution is 5.82. The lowest BCUT2D eigenvalue weighted by molar-refractivity contribution is -0.124. The number of rotatable bonds is 4. The van der Waals surface area contributed by atoms with Crippen molar-refractivity contribution in [1.29, 1.82) is 0 Å². The van der Waals surface area contributed by atoms with Gasteiger partial charge in [-0.1, -0.05) is 13.3 Å². The van der Waals surface area contributed by atoms with E-state index in [4.69, 9.17) is 4.74 Å². The molecule has 0 bridgehead atoms. The minimum atomic E-state index is -0.761. The Labute approximate surface area is 167 Å². The van der Waals surface area contributed by atoms with Crippen molar-refractivity contribution in [3.63, 3.8) is 0 Å². The summed E-state index contributed by atoms with van der Waals surface area (Å²) >= 11 is 0. The summed E-state index contributed by atoms with van der Waals surface area (Å²) in [6.07, 6.45) is 8.36. The lowest BCUT2D eigenvalue weighted by atomic mass is 9.77. The van der Waals surface area contributed by atoms with E-state index in [1.165, 1.54) is 12.8 Å². The quantitative estimate of drug-likeness (QED) is 0.587. The predicted octanol–water partition coefficient (Wildman–Crippen LogP) is 1.96. The first-order valence-electron chi connectivity index (χ1n) is 11.5. The summed E-state index contributed by atoms with van der Waals surface area (Å²) in [5.41, 5.74) is 6.63. The second-order valence-electron chi connectivity index (χ2n) is 9.95. The Morgan fingerprint density at radius 3 is 2.54 bits per heavy atom. The maximum absolute atomic E-state index is 14.3. The van der Waals surface area contributed by atoms with Crippen LogP contribution in [0.5, 0.6) is 0 Å². The third-order valence-electron chi connectivity index (χ3n) is 7.86. The Hall–Kier alpha value is -0.760. The Morgan fingerprint density at radius 1 is 1.00 bits per heavy atom. The molecule has 0 aromatic heterocycles. The van der Waals surface area contributed by atoms with Crippen LogP contribution >= 0.6 is 0 Å². The van der Waals surface area contributed by atoms with Crippen molar-refractivity contribution in [2.45, 2.75) is 101 Å². The molecular formula is C21H35FN4O2. The maximum Gasteiger partial charge on any atom is 0.237 e. The minimum Gasteiger partial charge on any atom is -0.352 e. The van der Waals surface area contributed by atoms with E-state index in [-0.39, 0.29) is 42.4 Å². The molecule has 3 saturated carbocycles. The number of halogens is 1. The van der Waals surface area contributed by atoms with Crippen LogP contribution in [0.3, 0.4) is 0 Å². The van der Waals surface area contributed by atoms with Gasteiger partial charge in [0.25, 0.3) is 0 Å². The molecule has 0 spiro atoms. The highest BCUT2D eigenvalue weighted by Gasteiger charge is 2.47. The van der Waals surface area contributed by atoms with Crippen LogP contribution < -0.4 is 21.5 Å². The van der Waals surface area contributed by atoms with Crippen LogP contribution in [0.1, 0.15) is 64.7 Å². The summed E-state index contributed by atoms with van der Waals surface area (Å²) in [5.74, 6) is 1.60. The second kappa shape index (κ2) is 7.82. The van der Waals surface area contributed by atoms with Crippen LogP contribution in [0, 0.1) is 23.7 Å². The molecule has 28 heavy (non-hydrogen) atoms. The molecule has 0 radical (unpaired) electrons. The molecule has 2 saturated heterocycles. The van der Waals surface area contributed by atoms with E-state index in [1.54, 1.807) is 0 Å². The molecule has 5 aliphatic rings. The molecule has 0 aromatic carbocycles. The fraction of sp³-hybridized carbons (Fsp3) is 0.952. The summed E-state index contributed by atoms with van der Waals surface area (Å²) in [6, 6.07) is 0.107. The van der Waals surface area contributed by atoms with Crippen molar-refractivity contribution in [3.8, 4) is 0 Å². The maximum atomic E-state index is 14.3. The minimum absolute atomic E-state index is 0.000116. The SMILES string of the molecule is CC1CCC(F)C2CC(C(=O)NC3CCCC(C4NNC(C5CC5)O4)C3)NC12. The van der Waals surface area contributed by atoms with Crippen molar-refractivity contribution < 1.29 is 13.9 Å². The third-order valence-corrected chi connectivity index (χ3v) is 7.86. The molecule has 6 nitrogen and oxygen atoms in total. The summed E-state index contributed by atoms with van der Waals surface area (Å²) < 4.78 is 20.5. The molecule has 2 aliphatic heterocycles. The zero-order chi connectivity index (χ0) is 19.3. The zero-order valence-electron chi connectivity index (χ0n) is 16.8. The molecule has 7 heteroatoms. The summed E-state index contributed by atoms with van der Waals surface area (Å²) in [5, 5.41) is 6.73. The number of hydrazine groups is 1. The number of carbonyl (C=O) groups is 1. The monoisotopic (exact) mass is 394 g/mol. The fourth-order valence-electron chi connectivity index (χ4n) is 5.98. The molecule has 1 amide bonds. The smallest absolute Gasteiger partial charge is 0.237 e. The van der Waals surface area contributed by atoms with Crippen LogP contribution in [0.4, 0.5) is 4.39 Å². The largest absolute Gasteiger partial charge is 0.352 e. The van der Waals surface area contributed by atoms with Crippen LogP contribution in [-0.4, -0.2) is 42.7 Å². The van der Waals surface area contributed by atoms with E-state index in [0.717, 1.165) is 32.1 Å². The van der Waals surface area contributed by atoms with E-state index in [9.17, 15) is 9.18 Å². The van der Waals surface area contributed by atoms with Crippen molar-refractivity contribution >= 4 is 5.91 Å². The van der Waals surface area contributed by atoms with Crippen molar-refractivity contribution in [1.82, 2.24) is 21.5 Å². The van der Waals surface area contributed by atoms with Gasteiger partial charge in [-0.3, -0.25) is 4.79 Å². The Morgan fingerprint density at radius 2 is 1.79 bits per heavy atom. The number of fused-ring (bicyclic) bond motifs is 1. The van der Waals surface area contributed by atoms with E-state index in [0.29, 0.717) is 30.6 Å². The van der Waals surface area contributed by atoms with Gasteiger partial charge in [-0.25, -0.2) is 15.2 Å². The molecule has 158 valence electrons. The molecule has 9 atom stereocenters. The first kappa shape index (κ1) is 19.2. The van der Waals surface area contributed by atoms with Gasteiger partial charge in [0.15, 0.2) is 0 Å². The Bertz CT molecular complexity index is 571. The topological polar surface area (TPSA) is 74.4 Å². The van der Waals surface area contributed by atoms with Gasteiger partial charge in [0, 0.05) is 23.9 Å². The molecule has 5 fully saturated rings. The van der Waals surface area contributed by atoms with Gasteiger partial charge in [-0.2, -0.15) is 0 Å². The average molecular weight is 395 g/mol. The summed E-state index contributed by atoms with van der Waals surface area (Å²) in [4.78, 5) is 12.9.